The van der Waals surface area contributed by atoms with E-state index in [-0.39, 0.29) is 48.8 Å². The van der Waals surface area contributed by atoms with Gasteiger partial charge in [-0.1, -0.05) is 26.8 Å². The molecule has 4 rings (SSSR count). The van der Waals surface area contributed by atoms with Crippen LogP contribution >= 0.6 is 0 Å². The number of rotatable bonds is 4. The molecule has 0 radical (unpaired) electrons. The van der Waals surface area contributed by atoms with E-state index in [0.29, 0.717) is 12.0 Å². The Labute approximate surface area is 175 Å². The van der Waals surface area contributed by atoms with Crippen molar-refractivity contribution in [3.63, 3.8) is 0 Å². The van der Waals surface area contributed by atoms with Gasteiger partial charge in [0.2, 0.25) is 5.78 Å². The molecule has 7 heteroatoms. The molecule has 0 aromatic carbocycles. The van der Waals surface area contributed by atoms with E-state index in [0.717, 1.165) is 0 Å². The second-order valence-corrected chi connectivity index (χ2v) is 9.97. The number of ketones is 2. The highest BCUT2D eigenvalue weighted by Crippen LogP contribution is 2.69. The Morgan fingerprint density at radius 1 is 1.37 bits per heavy atom. The Balaban J connectivity index is 1.83. The second kappa shape index (κ2) is 6.82. The van der Waals surface area contributed by atoms with Gasteiger partial charge in [-0.25, -0.2) is 4.39 Å². The van der Waals surface area contributed by atoms with Crippen LogP contribution in [0.25, 0.3) is 0 Å². The number of hydrogen-bond acceptors (Lipinski definition) is 6. The number of ether oxygens (including phenoxy) is 1. The number of alkyl halides is 1. The molecule has 3 saturated carbocycles. The van der Waals surface area contributed by atoms with Gasteiger partial charge in [-0.3, -0.25) is 14.4 Å². The standard InChI is InChI=1S/C23H29FO6/c1-12-6-15-14-8-17(24)16-7-13(27)4-5-21(16,2)20(14)18(28)9-22(15,3)23(12,30-11-26)19(29)10-25/h4-5,7,11-12,14-15,17-18,20,25,28H,6,8-10H2,1-3H3/t12-,14+,15+,17+,18?,20-,21+,22+,23+/m1/s1. The summed E-state index contributed by atoms with van der Waals surface area (Å²) in [6, 6.07) is 0. The Bertz CT molecular complexity index is 851. The molecule has 1 unspecified atom stereocenters. The molecule has 164 valence electrons. The lowest BCUT2D eigenvalue weighted by Gasteiger charge is -2.60. The Morgan fingerprint density at radius 3 is 2.70 bits per heavy atom. The molecule has 0 amide bonds. The first-order valence-corrected chi connectivity index (χ1v) is 10.6. The van der Waals surface area contributed by atoms with E-state index >= 15 is 4.39 Å². The van der Waals surface area contributed by atoms with Gasteiger partial charge in [0.05, 0.1) is 6.10 Å². The van der Waals surface area contributed by atoms with Crippen molar-refractivity contribution in [2.24, 2.45) is 34.5 Å². The van der Waals surface area contributed by atoms with Crippen molar-refractivity contribution in [1.82, 2.24) is 0 Å². The summed E-state index contributed by atoms with van der Waals surface area (Å²) >= 11 is 0. The minimum absolute atomic E-state index is 0.141. The van der Waals surface area contributed by atoms with E-state index in [1.165, 1.54) is 12.2 Å². The maximum atomic E-state index is 15.3. The zero-order chi connectivity index (χ0) is 22.1. The topological polar surface area (TPSA) is 101 Å². The minimum atomic E-state index is -1.55. The highest BCUT2D eigenvalue weighted by molar-refractivity contribution is 6.01. The first kappa shape index (κ1) is 21.4. The third kappa shape index (κ3) is 2.45. The lowest BCUT2D eigenvalue weighted by Crippen LogP contribution is -2.64. The van der Waals surface area contributed by atoms with Gasteiger partial charge >= 0.3 is 0 Å². The third-order valence-corrected chi connectivity index (χ3v) is 8.81. The zero-order valence-corrected chi connectivity index (χ0v) is 17.5. The second-order valence-electron chi connectivity index (χ2n) is 9.97. The average Bonchev–Trinajstić information content (AvgIpc) is 2.90. The number of fused-ring (bicyclic) bond motifs is 5. The smallest absolute Gasteiger partial charge is 0.294 e. The van der Waals surface area contributed by atoms with Gasteiger partial charge < -0.3 is 14.9 Å². The summed E-state index contributed by atoms with van der Waals surface area (Å²) in [5.74, 6) is -1.98. The molecule has 0 aliphatic heterocycles. The molecule has 30 heavy (non-hydrogen) atoms. The van der Waals surface area contributed by atoms with E-state index in [2.05, 4.69) is 0 Å². The van der Waals surface area contributed by atoms with Crippen LogP contribution in [-0.2, 0) is 19.1 Å². The van der Waals surface area contributed by atoms with Crippen LogP contribution in [0.5, 0.6) is 0 Å². The Hall–Kier alpha value is -1.86. The molecule has 9 atom stereocenters. The molecule has 0 bridgehead atoms. The number of allylic oxidation sites excluding steroid dienone is 4. The first-order valence-electron chi connectivity index (χ1n) is 10.6. The minimum Gasteiger partial charge on any atom is -0.452 e. The number of halogens is 1. The molecule has 0 aromatic rings. The molecular formula is C23H29FO6. The van der Waals surface area contributed by atoms with Crippen LogP contribution < -0.4 is 0 Å². The molecule has 0 heterocycles. The lowest BCUT2D eigenvalue weighted by molar-refractivity contribution is -0.198. The molecule has 2 N–H and O–H groups in total. The number of Topliss-reactive ketones (excluding diaryl/α,β-unsaturated/α-hetero) is 1. The molecule has 6 nitrogen and oxygen atoms in total. The van der Waals surface area contributed by atoms with Gasteiger partial charge in [0.15, 0.2) is 11.4 Å². The summed E-state index contributed by atoms with van der Waals surface area (Å²) in [5, 5.41) is 21.0. The van der Waals surface area contributed by atoms with Crippen molar-refractivity contribution in [2.45, 2.75) is 57.9 Å². The summed E-state index contributed by atoms with van der Waals surface area (Å²) in [6.45, 7) is 4.96. The van der Waals surface area contributed by atoms with E-state index < -0.39 is 41.1 Å². The predicted octanol–water partition coefficient (Wildman–Crippen LogP) is 1.93. The fraction of sp³-hybridized carbons (Fsp3) is 0.696. The summed E-state index contributed by atoms with van der Waals surface area (Å²) in [5.41, 5.74) is -2.87. The Kier molecular flexibility index (Phi) is 4.86. The van der Waals surface area contributed by atoms with E-state index in [4.69, 9.17) is 4.74 Å². The largest absolute Gasteiger partial charge is 0.452 e. The SMILES string of the molecule is C[C@@H]1C[C@H]2[C@@H]3C[C@H](F)C4=CC(=O)C=C[C@]4(C)[C@H]3C(O)C[C@]2(C)[C@@]1(OC=O)C(=O)CO. The maximum Gasteiger partial charge on any atom is 0.294 e. The molecule has 0 saturated heterocycles. The van der Waals surface area contributed by atoms with Gasteiger partial charge in [0.1, 0.15) is 12.8 Å². The summed E-state index contributed by atoms with van der Waals surface area (Å²) < 4.78 is 20.8. The van der Waals surface area contributed by atoms with Crippen molar-refractivity contribution < 1.29 is 33.7 Å². The van der Waals surface area contributed by atoms with Crippen LogP contribution in [0, 0.1) is 34.5 Å². The highest BCUT2D eigenvalue weighted by Gasteiger charge is 2.72. The van der Waals surface area contributed by atoms with Crippen LogP contribution in [0.15, 0.2) is 23.8 Å². The maximum absolute atomic E-state index is 15.3. The van der Waals surface area contributed by atoms with Crippen LogP contribution in [0.3, 0.4) is 0 Å². The van der Waals surface area contributed by atoms with E-state index in [1.807, 2.05) is 20.8 Å². The monoisotopic (exact) mass is 420 g/mol. The van der Waals surface area contributed by atoms with Crippen molar-refractivity contribution in [3.8, 4) is 0 Å². The number of carbonyl (C=O) groups is 3. The average molecular weight is 420 g/mol. The normalized spacial score (nSPS) is 49.5. The van der Waals surface area contributed by atoms with Crippen LogP contribution in [-0.4, -0.2) is 52.7 Å². The van der Waals surface area contributed by atoms with Gasteiger partial charge in [-0.05, 0) is 48.8 Å². The van der Waals surface area contributed by atoms with Crippen LogP contribution in [0.4, 0.5) is 4.39 Å². The lowest BCUT2D eigenvalue weighted by atomic mass is 9.46. The van der Waals surface area contributed by atoms with Crippen molar-refractivity contribution in [1.29, 1.82) is 0 Å². The molecule has 4 aliphatic rings. The number of carbonyl (C=O) groups excluding carboxylic acids is 3. The quantitative estimate of drug-likeness (QED) is 0.674. The highest BCUT2D eigenvalue weighted by atomic mass is 19.1. The molecule has 0 spiro atoms. The van der Waals surface area contributed by atoms with Crippen LogP contribution in [0.1, 0.15) is 40.0 Å². The third-order valence-electron chi connectivity index (χ3n) is 8.81. The van der Waals surface area contributed by atoms with E-state index in [9.17, 15) is 24.6 Å². The van der Waals surface area contributed by atoms with Crippen molar-refractivity contribution in [2.75, 3.05) is 6.61 Å². The molecule has 4 aliphatic carbocycles. The first-order chi connectivity index (χ1) is 14.1. The van der Waals surface area contributed by atoms with Gasteiger partial charge in [0, 0.05) is 22.7 Å². The molecular weight excluding hydrogens is 391 g/mol. The Morgan fingerprint density at radius 2 is 2.07 bits per heavy atom. The number of aliphatic hydroxyl groups is 2. The van der Waals surface area contributed by atoms with E-state index in [1.54, 1.807) is 6.08 Å². The fourth-order valence-electron chi connectivity index (χ4n) is 7.76. The number of aliphatic hydroxyl groups excluding tert-OH is 2. The summed E-state index contributed by atoms with van der Waals surface area (Å²) in [4.78, 5) is 36.2. The zero-order valence-electron chi connectivity index (χ0n) is 17.5. The molecule has 3 fully saturated rings. The molecule has 0 aromatic heterocycles. The summed E-state index contributed by atoms with van der Waals surface area (Å²) in [7, 11) is 0. The fourth-order valence-corrected chi connectivity index (χ4v) is 7.76. The van der Waals surface area contributed by atoms with Gasteiger partial charge in [-0.15, -0.1) is 0 Å². The van der Waals surface area contributed by atoms with Gasteiger partial charge in [0.25, 0.3) is 6.47 Å². The van der Waals surface area contributed by atoms with Crippen molar-refractivity contribution >= 4 is 18.0 Å². The van der Waals surface area contributed by atoms with Crippen molar-refractivity contribution in [3.05, 3.63) is 23.8 Å². The number of hydrogen-bond donors (Lipinski definition) is 2. The van der Waals surface area contributed by atoms with Gasteiger partial charge in [-0.2, -0.15) is 0 Å². The predicted molar refractivity (Wildman–Crippen MR) is 105 cm³/mol. The van der Waals surface area contributed by atoms with Crippen LogP contribution in [0.2, 0.25) is 0 Å². The summed E-state index contributed by atoms with van der Waals surface area (Å²) in [6.07, 6.45) is 3.14.